The van der Waals surface area contributed by atoms with Crippen molar-refractivity contribution in [2.45, 2.75) is 6.42 Å². The molecule has 0 aliphatic carbocycles. The second kappa shape index (κ2) is 8.14. The fourth-order valence-corrected chi connectivity index (χ4v) is 3.24. The van der Waals surface area contributed by atoms with Crippen LogP contribution in [0.4, 0.5) is 17.5 Å². The van der Waals surface area contributed by atoms with E-state index in [2.05, 4.69) is 42.9 Å². The minimum atomic E-state index is 0.462. The molecule has 28 heavy (non-hydrogen) atoms. The second-order valence-electron chi connectivity index (χ2n) is 6.18. The lowest BCUT2D eigenvalue weighted by molar-refractivity contribution is 0.415. The Morgan fingerprint density at radius 1 is 1.18 bits per heavy atom. The fourth-order valence-electron chi connectivity index (χ4n) is 2.98. The van der Waals surface area contributed by atoms with Gasteiger partial charge in [0.25, 0.3) is 0 Å². The number of nitrogens with zero attached hydrogens (tertiary/aromatic N) is 3. The quantitative estimate of drug-likeness (QED) is 0.430. The van der Waals surface area contributed by atoms with Crippen molar-refractivity contribution in [3.05, 3.63) is 65.4 Å². The number of methoxy groups -OCH3 is 1. The van der Waals surface area contributed by atoms with Crippen molar-refractivity contribution in [3.8, 4) is 5.75 Å². The van der Waals surface area contributed by atoms with E-state index in [1.165, 1.54) is 10.9 Å². The highest BCUT2D eigenvalue weighted by Gasteiger charge is 2.06. The number of nitrogens with one attached hydrogen (secondary N) is 3. The summed E-state index contributed by atoms with van der Waals surface area (Å²) >= 11 is 6.16. The molecule has 0 radical (unpaired) electrons. The lowest BCUT2D eigenvalue weighted by Crippen LogP contribution is -2.09. The van der Waals surface area contributed by atoms with Gasteiger partial charge in [-0.3, -0.25) is 0 Å². The zero-order valence-electron chi connectivity index (χ0n) is 15.2. The Labute approximate surface area is 167 Å². The maximum atomic E-state index is 6.16. The van der Waals surface area contributed by atoms with E-state index in [1.807, 2.05) is 24.4 Å². The summed E-state index contributed by atoms with van der Waals surface area (Å²) in [7, 11) is 1.58. The molecule has 8 heteroatoms. The molecule has 0 spiro atoms. The number of ether oxygens (including phenoxy) is 1. The number of fused-ring (bicyclic) bond motifs is 1. The molecular weight excluding hydrogens is 376 g/mol. The minimum absolute atomic E-state index is 0.462. The number of rotatable bonds is 7. The molecular formula is C20H19ClN6O. The van der Waals surface area contributed by atoms with E-state index in [9.17, 15) is 0 Å². The number of aromatic nitrogens is 4. The fraction of sp³-hybridized carbons (Fsp3) is 0.150. The number of anilines is 3. The van der Waals surface area contributed by atoms with Gasteiger partial charge in [-0.1, -0.05) is 29.8 Å². The van der Waals surface area contributed by atoms with Crippen LogP contribution in [0.5, 0.6) is 5.75 Å². The van der Waals surface area contributed by atoms with E-state index in [0.29, 0.717) is 29.1 Å². The van der Waals surface area contributed by atoms with Crippen LogP contribution >= 0.6 is 11.6 Å². The summed E-state index contributed by atoms with van der Waals surface area (Å²) in [5.41, 5.74) is 3.18. The highest BCUT2D eigenvalue weighted by molar-refractivity contribution is 6.32. The number of halogens is 1. The molecule has 4 aromatic rings. The van der Waals surface area contributed by atoms with Gasteiger partial charge >= 0.3 is 0 Å². The Balaban J connectivity index is 1.39. The Hall–Kier alpha value is -3.32. The van der Waals surface area contributed by atoms with Gasteiger partial charge in [0.15, 0.2) is 5.82 Å². The Morgan fingerprint density at radius 2 is 2.07 bits per heavy atom. The predicted octanol–water partition coefficient (Wildman–Crippen LogP) is 4.41. The number of aromatic amines is 1. The van der Waals surface area contributed by atoms with Crippen LogP contribution in [0.15, 0.2) is 54.9 Å². The standard InChI is InChI=1S/C20H19ClN6O/c1-28-18-7-6-14(10-16(18)21)25-19-12-24-27-20(26-19)22-9-8-13-11-23-17-5-3-2-4-15(13)17/h2-7,10-12,23H,8-9H2,1H3,(H2,22,25,26,27). The molecule has 2 heterocycles. The molecule has 2 aromatic heterocycles. The van der Waals surface area contributed by atoms with Gasteiger partial charge in [-0.15, -0.1) is 5.10 Å². The van der Waals surface area contributed by atoms with Crippen molar-refractivity contribution in [2.24, 2.45) is 0 Å². The zero-order chi connectivity index (χ0) is 19.3. The summed E-state index contributed by atoms with van der Waals surface area (Å²) in [6.45, 7) is 0.696. The molecule has 0 aliphatic heterocycles. The molecule has 142 valence electrons. The Kier molecular flexibility index (Phi) is 5.25. The van der Waals surface area contributed by atoms with Gasteiger partial charge in [-0.2, -0.15) is 10.1 Å². The molecule has 0 aliphatic rings. The summed E-state index contributed by atoms with van der Waals surface area (Å²) in [5, 5.41) is 16.2. The van der Waals surface area contributed by atoms with E-state index >= 15 is 0 Å². The molecule has 0 atom stereocenters. The number of H-pyrrole nitrogens is 1. The second-order valence-corrected chi connectivity index (χ2v) is 6.58. The van der Waals surface area contributed by atoms with Gasteiger partial charge in [0.1, 0.15) is 5.75 Å². The smallest absolute Gasteiger partial charge is 0.244 e. The molecule has 3 N–H and O–H groups in total. The summed E-state index contributed by atoms with van der Waals surface area (Å²) in [6, 6.07) is 13.7. The first-order valence-electron chi connectivity index (χ1n) is 8.82. The van der Waals surface area contributed by atoms with Crippen molar-refractivity contribution >= 4 is 40.0 Å². The highest BCUT2D eigenvalue weighted by atomic mass is 35.5. The van der Waals surface area contributed by atoms with Gasteiger partial charge in [0.2, 0.25) is 5.95 Å². The molecule has 0 unspecified atom stereocenters. The highest BCUT2D eigenvalue weighted by Crippen LogP contribution is 2.28. The first kappa shape index (κ1) is 18.1. The third kappa shape index (κ3) is 3.99. The molecule has 0 fully saturated rings. The van der Waals surface area contributed by atoms with Crippen LogP contribution in [0.3, 0.4) is 0 Å². The lowest BCUT2D eigenvalue weighted by Gasteiger charge is -2.09. The van der Waals surface area contributed by atoms with E-state index in [-0.39, 0.29) is 0 Å². The maximum absolute atomic E-state index is 6.16. The predicted molar refractivity (Wildman–Crippen MR) is 112 cm³/mol. The average Bonchev–Trinajstić information content (AvgIpc) is 3.12. The summed E-state index contributed by atoms with van der Waals surface area (Å²) in [5.74, 6) is 1.66. The average molecular weight is 395 g/mol. The van der Waals surface area contributed by atoms with Gasteiger partial charge in [0.05, 0.1) is 18.3 Å². The van der Waals surface area contributed by atoms with Crippen molar-refractivity contribution < 1.29 is 4.74 Å². The number of benzene rings is 2. The van der Waals surface area contributed by atoms with E-state index in [4.69, 9.17) is 16.3 Å². The van der Waals surface area contributed by atoms with Gasteiger partial charge in [-0.25, -0.2) is 0 Å². The summed E-state index contributed by atoms with van der Waals surface area (Å²) in [4.78, 5) is 7.73. The summed E-state index contributed by atoms with van der Waals surface area (Å²) < 4.78 is 5.16. The maximum Gasteiger partial charge on any atom is 0.244 e. The van der Waals surface area contributed by atoms with Crippen LogP contribution in [0.2, 0.25) is 5.02 Å². The van der Waals surface area contributed by atoms with Crippen molar-refractivity contribution in [1.29, 1.82) is 0 Å². The van der Waals surface area contributed by atoms with Gasteiger partial charge in [0, 0.05) is 29.3 Å². The van der Waals surface area contributed by atoms with E-state index < -0.39 is 0 Å². The molecule has 4 rings (SSSR count). The third-order valence-corrected chi connectivity index (χ3v) is 4.63. The first-order chi connectivity index (χ1) is 13.7. The SMILES string of the molecule is COc1ccc(Nc2cnnc(NCCc3c[nH]c4ccccc34)n2)cc1Cl. The van der Waals surface area contributed by atoms with E-state index in [1.54, 1.807) is 25.4 Å². The summed E-state index contributed by atoms with van der Waals surface area (Å²) in [6.07, 6.45) is 4.44. The molecule has 2 aromatic carbocycles. The van der Waals surface area contributed by atoms with Crippen LogP contribution in [0.1, 0.15) is 5.56 Å². The Morgan fingerprint density at radius 3 is 2.93 bits per heavy atom. The monoisotopic (exact) mass is 394 g/mol. The Bertz CT molecular complexity index is 1100. The van der Waals surface area contributed by atoms with E-state index in [0.717, 1.165) is 17.6 Å². The number of hydrogen-bond acceptors (Lipinski definition) is 6. The number of hydrogen-bond donors (Lipinski definition) is 3. The van der Waals surface area contributed by atoms with Crippen molar-refractivity contribution in [3.63, 3.8) is 0 Å². The number of para-hydroxylation sites is 1. The minimum Gasteiger partial charge on any atom is -0.495 e. The molecule has 0 saturated heterocycles. The van der Waals surface area contributed by atoms with Gasteiger partial charge in [-0.05, 0) is 36.2 Å². The van der Waals surface area contributed by atoms with Crippen molar-refractivity contribution in [2.75, 3.05) is 24.3 Å². The van der Waals surface area contributed by atoms with Gasteiger partial charge < -0.3 is 20.4 Å². The van der Waals surface area contributed by atoms with Crippen LogP contribution < -0.4 is 15.4 Å². The zero-order valence-corrected chi connectivity index (χ0v) is 16.0. The molecule has 0 saturated carbocycles. The van der Waals surface area contributed by atoms with Crippen LogP contribution in [-0.4, -0.2) is 33.8 Å². The van der Waals surface area contributed by atoms with Crippen LogP contribution in [-0.2, 0) is 6.42 Å². The molecule has 0 bridgehead atoms. The largest absolute Gasteiger partial charge is 0.495 e. The van der Waals surface area contributed by atoms with Crippen LogP contribution in [0, 0.1) is 0 Å². The van der Waals surface area contributed by atoms with Crippen LogP contribution in [0.25, 0.3) is 10.9 Å². The first-order valence-corrected chi connectivity index (χ1v) is 9.20. The normalized spacial score (nSPS) is 10.8. The third-order valence-electron chi connectivity index (χ3n) is 4.34. The van der Waals surface area contributed by atoms with Crippen molar-refractivity contribution in [1.82, 2.24) is 20.2 Å². The molecule has 0 amide bonds. The lowest BCUT2D eigenvalue weighted by atomic mass is 10.1. The topological polar surface area (TPSA) is 87.8 Å². The molecule has 7 nitrogen and oxygen atoms in total.